The van der Waals surface area contributed by atoms with Crippen LogP contribution in [-0.4, -0.2) is 0 Å². The molecule has 0 unspecified atom stereocenters. The molecule has 10 rings (SSSR count). The highest BCUT2D eigenvalue weighted by molar-refractivity contribution is 6.22. The van der Waals surface area contributed by atoms with E-state index in [0.717, 1.165) is 43.6 Å². The van der Waals surface area contributed by atoms with Crippen molar-refractivity contribution in [2.24, 2.45) is 0 Å². The molecule has 0 saturated carbocycles. The van der Waals surface area contributed by atoms with Crippen molar-refractivity contribution in [1.29, 1.82) is 0 Å². The molecule has 218 valence electrons. The van der Waals surface area contributed by atoms with Crippen molar-refractivity contribution in [2.75, 3.05) is 0 Å². The summed E-state index contributed by atoms with van der Waals surface area (Å²) >= 11 is 0. The summed E-state index contributed by atoms with van der Waals surface area (Å²) in [5, 5.41) is 10.7. The van der Waals surface area contributed by atoms with E-state index < -0.39 is 0 Å². The van der Waals surface area contributed by atoms with Gasteiger partial charge < -0.3 is 4.42 Å². The molecule has 0 fully saturated rings. The molecule has 9 aromatic carbocycles. The predicted molar refractivity (Wildman–Crippen MR) is 200 cm³/mol. The summed E-state index contributed by atoms with van der Waals surface area (Å²) in [6, 6.07) is 52.8. The van der Waals surface area contributed by atoms with Gasteiger partial charge in [0, 0.05) is 10.8 Å². The lowest BCUT2D eigenvalue weighted by Gasteiger charge is -2.18. The molecule has 1 nitrogen and oxygen atoms in total. The molecule has 0 aliphatic heterocycles. The summed E-state index contributed by atoms with van der Waals surface area (Å²) in [5.41, 5.74) is 6.94. The largest absolute Gasteiger partial charge is 0.456 e. The van der Waals surface area contributed by atoms with E-state index >= 15 is 0 Å². The van der Waals surface area contributed by atoms with Crippen molar-refractivity contribution in [3.05, 3.63) is 170 Å². The van der Waals surface area contributed by atoms with Gasteiger partial charge in [-0.3, -0.25) is 0 Å². The van der Waals surface area contributed by atoms with Gasteiger partial charge in [0.15, 0.2) is 0 Å². The summed E-state index contributed by atoms with van der Waals surface area (Å²) in [4.78, 5) is 0. The Labute approximate surface area is 276 Å². The zero-order valence-electron chi connectivity index (χ0n) is 28.3. The Balaban J connectivity index is 1.26. The van der Waals surface area contributed by atoms with Crippen molar-refractivity contribution in [2.45, 2.75) is 0 Å². The SMILES string of the molecule is [2H]c1c([2H])c(-c2cccc(-c3c4ccccc4c(-c4ccc5ccccc5c4)c4ccccc34)c2)c2c(oc3cc4ccccc4cc32)c1[2H]. The fraction of sp³-hybridized carbons (Fsp3) is 0. The molecule has 0 radical (unpaired) electrons. The number of hydrogen-bond acceptors (Lipinski definition) is 1. The summed E-state index contributed by atoms with van der Waals surface area (Å²) in [5.74, 6) is 0. The lowest BCUT2D eigenvalue weighted by Crippen LogP contribution is -1.91. The van der Waals surface area contributed by atoms with Crippen LogP contribution in [0.4, 0.5) is 0 Å². The Hall–Kier alpha value is -6.18. The van der Waals surface area contributed by atoms with Crippen LogP contribution in [0.3, 0.4) is 0 Å². The smallest absolute Gasteiger partial charge is 0.136 e. The van der Waals surface area contributed by atoms with E-state index in [1.54, 1.807) is 0 Å². The topological polar surface area (TPSA) is 13.1 Å². The first-order valence-corrected chi connectivity index (χ1v) is 15.9. The highest BCUT2D eigenvalue weighted by atomic mass is 16.3. The highest BCUT2D eigenvalue weighted by Gasteiger charge is 2.18. The van der Waals surface area contributed by atoms with Crippen LogP contribution < -0.4 is 0 Å². The van der Waals surface area contributed by atoms with Crippen LogP contribution in [0.15, 0.2) is 174 Å². The third kappa shape index (κ3) is 4.03. The maximum absolute atomic E-state index is 9.20. The summed E-state index contributed by atoms with van der Waals surface area (Å²) in [6.07, 6.45) is 0. The van der Waals surface area contributed by atoms with Crippen LogP contribution in [0.2, 0.25) is 0 Å². The van der Waals surface area contributed by atoms with E-state index in [1.165, 1.54) is 32.7 Å². The molecule has 1 heteroatoms. The van der Waals surface area contributed by atoms with Gasteiger partial charge in [-0.05, 0) is 107 Å². The van der Waals surface area contributed by atoms with E-state index in [4.69, 9.17) is 7.16 Å². The van der Waals surface area contributed by atoms with Crippen molar-refractivity contribution >= 4 is 65.0 Å². The van der Waals surface area contributed by atoms with Crippen molar-refractivity contribution in [3.63, 3.8) is 0 Å². The van der Waals surface area contributed by atoms with Gasteiger partial charge in [-0.25, -0.2) is 0 Å². The summed E-state index contributed by atoms with van der Waals surface area (Å²) in [7, 11) is 0. The van der Waals surface area contributed by atoms with Crippen molar-refractivity contribution in [3.8, 4) is 33.4 Å². The molecule has 0 aliphatic rings. The lowest BCUT2D eigenvalue weighted by molar-refractivity contribution is 0.669. The number of hydrogen-bond donors (Lipinski definition) is 0. The van der Waals surface area contributed by atoms with E-state index in [1.807, 2.05) is 36.4 Å². The van der Waals surface area contributed by atoms with Gasteiger partial charge in [0.05, 0.1) is 4.11 Å². The van der Waals surface area contributed by atoms with Crippen molar-refractivity contribution in [1.82, 2.24) is 0 Å². The van der Waals surface area contributed by atoms with E-state index in [0.29, 0.717) is 22.1 Å². The fourth-order valence-corrected chi connectivity index (χ4v) is 7.47. The summed E-state index contributed by atoms with van der Waals surface area (Å²) in [6.45, 7) is 0. The van der Waals surface area contributed by atoms with Crippen LogP contribution in [0.1, 0.15) is 4.11 Å². The molecular weight excluding hydrogens is 569 g/mol. The molecule has 0 saturated heterocycles. The molecule has 0 atom stereocenters. The Morgan fingerprint density at radius 2 is 0.936 bits per heavy atom. The Morgan fingerprint density at radius 3 is 1.62 bits per heavy atom. The second-order valence-electron chi connectivity index (χ2n) is 12.2. The van der Waals surface area contributed by atoms with Gasteiger partial charge >= 0.3 is 0 Å². The van der Waals surface area contributed by atoms with Crippen LogP contribution in [0.5, 0.6) is 0 Å². The van der Waals surface area contributed by atoms with E-state index in [2.05, 4.69) is 115 Å². The average molecular weight is 600 g/mol. The molecule has 0 spiro atoms. The normalized spacial score (nSPS) is 12.7. The first kappa shape index (κ1) is 23.2. The second-order valence-corrected chi connectivity index (χ2v) is 12.2. The van der Waals surface area contributed by atoms with Crippen LogP contribution in [0, 0.1) is 0 Å². The van der Waals surface area contributed by atoms with Gasteiger partial charge in [0.25, 0.3) is 0 Å². The fourth-order valence-electron chi connectivity index (χ4n) is 7.47. The zero-order valence-corrected chi connectivity index (χ0v) is 25.3. The van der Waals surface area contributed by atoms with Gasteiger partial charge in [0.2, 0.25) is 0 Å². The maximum atomic E-state index is 9.20. The lowest BCUT2D eigenvalue weighted by atomic mass is 9.85. The first-order chi connectivity index (χ1) is 24.5. The predicted octanol–water partition coefficient (Wildman–Crippen LogP) is 13.2. The molecular formula is C46H28O. The summed E-state index contributed by atoms with van der Waals surface area (Å²) < 4.78 is 33.1. The van der Waals surface area contributed by atoms with Crippen LogP contribution in [0.25, 0.3) is 98.4 Å². The Bertz CT molecular complexity index is 2970. The average Bonchev–Trinajstić information content (AvgIpc) is 3.53. The highest BCUT2D eigenvalue weighted by Crippen LogP contribution is 2.45. The maximum Gasteiger partial charge on any atom is 0.136 e. The molecule has 0 bridgehead atoms. The molecule has 1 heterocycles. The number of benzene rings is 9. The first-order valence-electron chi connectivity index (χ1n) is 17.4. The van der Waals surface area contributed by atoms with Crippen LogP contribution in [-0.2, 0) is 0 Å². The molecule has 0 amide bonds. The molecule has 0 aliphatic carbocycles. The zero-order chi connectivity index (χ0) is 33.5. The Kier molecular flexibility index (Phi) is 5.02. The standard InChI is InChI=1S/C46H28O/c1-2-12-30-25-35(24-23-29(30)11-1)45-39-19-7-5-17-37(39)44(38-18-6-8-20-40(38)45)34-16-9-15-33(26-34)36-21-10-22-42-46(36)41-27-31-13-3-4-14-32(31)28-43(41)47-42/h1-28H/i10D,21D,22D. The van der Waals surface area contributed by atoms with Gasteiger partial charge in [-0.2, -0.15) is 0 Å². The van der Waals surface area contributed by atoms with Gasteiger partial charge in [0.1, 0.15) is 11.2 Å². The minimum Gasteiger partial charge on any atom is -0.456 e. The number of rotatable bonds is 3. The minimum absolute atomic E-state index is 0.0249. The van der Waals surface area contributed by atoms with Gasteiger partial charge in [-0.1, -0.05) is 139 Å². The molecule has 1 aromatic heterocycles. The Morgan fingerprint density at radius 1 is 0.383 bits per heavy atom. The monoisotopic (exact) mass is 599 g/mol. The van der Waals surface area contributed by atoms with Crippen LogP contribution >= 0.6 is 0 Å². The third-order valence-corrected chi connectivity index (χ3v) is 9.58. The second kappa shape index (κ2) is 10.2. The quantitative estimate of drug-likeness (QED) is 0.184. The third-order valence-electron chi connectivity index (χ3n) is 9.58. The minimum atomic E-state index is -0.142. The molecule has 10 aromatic rings. The molecule has 0 N–H and O–H groups in total. The van der Waals surface area contributed by atoms with Crippen molar-refractivity contribution < 1.29 is 8.53 Å². The number of furan rings is 1. The molecule has 47 heavy (non-hydrogen) atoms. The van der Waals surface area contributed by atoms with Gasteiger partial charge in [-0.15, -0.1) is 0 Å². The van der Waals surface area contributed by atoms with E-state index in [-0.39, 0.29) is 18.1 Å². The number of fused-ring (bicyclic) bond motifs is 7. The van der Waals surface area contributed by atoms with E-state index in [9.17, 15) is 1.37 Å².